The van der Waals surface area contributed by atoms with Gasteiger partial charge in [-0.2, -0.15) is 0 Å². The number of H-pyrrole nitrogens is 1. The van der Waals surface area contributed by atoms with Gasteiger partial charge in [-0.15, -0.1) is 0 Å². The van der Waals surface area contributed by atoms with Gasteiger partial charge in [0.25, 0.3) is 0 Å². The molecule has 31 heavy (non-hydrogen) atoms. The van der Waals surface area contributed by atoms with E-state index in [9.17, 15) is 9.59 Å². The molecule has 1 unspecified atom stereocenters. The molecule has 2 fully saturated rings. The van der Waals surface area contributed by atoms with Crippen LogP contribution >= 0.6 is 0 Å². The number of methoxy groups -OCH3 is 1. The lowest BCUT2D eigenvalue weighted by Gasteiger charge is -2.37. The molecule has 1 aliphatic carbocycles. The Morgan fingerprint density at radius 2 is 2.10 bits per heavy atom. The summed E-state index contributed by atoms with van der Waals surface area (Å²) in [6, 6.07) is 8.18. The SMILES string of the molecule is COCCCC(c1c[nH]c2ccccc12)N(C(=O)[C@@H]1CNC[C@H](NC(=O)O)C1)C1CC1. The molecule has 168 valence electrons. The van der Waals surface area contributed by atoms with Gasteiger partial charge in [0.1, 0.15) is 0 Å². The van der Waals surface area contributed by atoms with Crippen LogP contribution in [0.15, 0.2) is 30.5 Å². The van der Waals surface area contributed by atoms with Gasteiger partial charge in [-0.05, 0) is 43.7 Å². The maximum absolute atomic E-state index is 13.8. The van der Waals surface area contributed by atoms with Crippen LogP contribution in [0, 0.1) is 5.92 Å². The number of carboxylic acid groups (broad SMARTS) is 1. The highest BCUT2D eigenvalue weighted by molar-refractivity contribution is 5.85. The number of ether oxygens (including phenoxy) is 1. The Morgan fingerprint density at radius 3 is 2.84 bits per heavy atom. The van der Waals surface area contributed by atoms with Crippen LogP contribution in [0.5, 0.6) is 0 Å². The Kier molecular flexibility index (Phi) is 6.77. The Labute approximate surface area is 182 Å². The number of rotatable bonds is 9. The second kappa shape index (κ2) is 9.70. The van der Waals surface area contributed by atoms with E-state index in [2.05, 4.69) is 32.7 Å². The number of piperidine rings is 1. The molecule has 2 aromatic rings. The molecule has 4 N–H and O–H groups in total. The van der Waals surface area contributed by atoms with E-state index in [0.717, 1.165) is 42.1 Å². The zero-order chi connectivity index (χ0) is 21.8. The van der Waals surface area contributed by atoms with Gasteiger partial charge in [-0.25, -0.2) is 4.79 Å². The lowest BCUT2D eigenvalue weighted by Crippen LogP contribution is -2.53. The van der Waals surface area contributed by atoms with E-state index < -0.39 is 6.09 Å². The van der Waals surface area contributed by atoms with Gasteiger partial charge in [-0.3, -0.25) is 4.79 Å². The first-order valence-electron chi connectivity index (χ1n) is 11.2. The standard InChI is InChI=1S/C23H32N4O4/c1-31-10-4-7-21(19-14-25-20-6-3-2-5-18(19)20)27(17-8-9-17)22(28)15-11-16(13-24-12-15)26-23(29)30/h2-3,5-6,14-17,21,24-26H,4,7-13H2,1H3,(H,29,30)/t15-,16+,21?/m0/s1. The Bertz CT molecular complexity index is 910. The van der Waals surface area contributed by atoms with Crippen LogP contribution in [0.4, 0.5) is 4.79 Å². The first-order chi connectivity index (χ1) is 15.1. The van der Waals surface area contributed by atoms with Crippen LogP contribution in [0.1, 0.15) is 43.7 Å². The Hall–Kier alpha value is -2.58. The van der Waals surface area contributed by atoms with Crippen molar-refractivity contribution in [3.63, 3.8) is 0 Å². The van der Waals surface area contributed by atoms with Gasteiger partial charge >= 0.3 is 6.09 Å². The fourth-order valence-corrected chi connectivity index (χ4v) is 4.80. The van der Waals surface area contributed by atoms with Crippen LogP contribution in [0.3, 0.4) is 0 Å². The third-order valence-electron chi connectivity index (χ3n) is 6.36. The van der Waals surface area contributed by atoms with Crippen molar-refractivity contribution < 1.29 is 19.4 Å². The smallest absolute Gasteiger partial charge is 0.404 e. The molecule has 0 bridgehead atoms. The maximum Gasteiger partial charge on any atom is 0.404 e. The molecule has 2 amide bonds. The molecule has 1 aromatic heterocycles. The Morgan fingerprint density at radius 1 is 1.29 bits per heavy atom. The number of hydrogen-bond donors (Lipinski definition) is 4. The largest absolute Gasteiger partial charge is 0.465 e. The van der Waals surface area contributed by atoms with E-state index in [1.165, 1.54) is 0 Å². The number of aromatic amines is 1. The van der Waals surface area contributed by atoms with Gasteiger partial charge in [0.15, 0.2) is 0 Å². The molecule has 2 heterocycles. The zero-order valence-electron chi connectivity index (χ0n) is 18.0. The highest BCUT2D eigenvalue weighted by Crippen LogP contribution is 2.40. The van der Waals surface area contributed by atoms with Crippen molar-refractivity contribution in [2.45, 2.75) is 50.2 Å². The maximum atomic E-state index is 13.8. The molecule has 0 spiro atoms. The minimum absolute atomic E-state index is 0.0286. The fourth-order valence-electron chi connectivity index (χ4n) is 4.80. The summed E-state index contributed by atoms with van der Waals surface area (Å²) in [5, 5.41) is 16.0. The molecule has 1 saturated carbocycles. The first-order valence-corrected chi connectivity index (χ1v) is 11.2. The third kappa shape index (κ3) is 5.02. The van der Waals surface area contributed by atoms with Gasteiger partial charge in [-0.1, -0.05) is 18.2 Å². The normalized spacial score (nSPS) is 22.2. The predicted octanol–water partition coefficient (Wildman–Crippen LogP) is 2.87. The van der Waals surface area contributed by atoms with Crippen LogP contribution in [-0.4, -0.2) is 65.9 Å². The molecule has 2 aliphatic rings. The minimum atomic E-state index is -1.05. The summed E-state index contributed by atoms with van der Waals surface area (Å²) in [6.45, 7) is 1.79. The molecular formula is C23H32N4O4. The summed E-state index contributed by atoms with van der Waals surface area (Å²) in [6.07, 6.45) is 5.25. The van der Waals surface area contributed by atoms with Crippen molar-refractivity contribution in [3.8, 4) is 0 Å². The molecule has 3 atom stereocenters. The van der Waals surface area contributed by atoms with E-state index in [1.54, 1.807) is 7.11 Å². The number of carbonyl (C=O) groups is 2. The summed E-state index contributed by atoms with van der Waals surface area (Å²) in [7, 11) is 1.70. The van der Waals surface area contributed by atoms with E-state index in [0.29, 0.717) is 26.1 Å². The summed E-state index contributed by atoms with van der Waals surface area (Å²) in [5.74, 6) is -0.110. The average Bonchev–Trinajstić information content (AvgIpc) is 3.51. The van der Waals surface area contributed by atoms with Crippen LogP contribution in [0.25, 0.3) is 10.9 Å². The average molecular weight is 429 g/mol. The zero-order valence-corrected chi connectivity index (χ0v) is 18.0. The monoisotopic (exact) mass is 428 g/mol. The number of nitrogens with one attached hydrogen (secondary N) is 3. The summed E-state index contributed by atoms with van der Waals surface area (Å²) < 4.78 is 5.30. The van der Waals surface area contributed by atoms with Crippen molar-refractivity contribution in [2.24, 2.45) is 5.92 Å². The van der Waals surface area contributed by atoms with Gasteiger partial charge in [0.2, 0.25) is 5.91 Å². The first kappa shape index (κ1) is 21.6. The summed E-state index contributed by atoms with van der Waals surface area (Å²) in [4.78, 5) is 30.3. The lowest BCUT2D eigenvalue weighted by molar-refractivity contribution is -0.140. The van der Waals surface area contributed by atoms with Crippen LogP contribution in [0.2, 0.25) is 0 Å². The number of benzene rings is 1. The van der Waals surface area contributed by atoms with Gasteiger partial charge in [0.05, 0.1) is 12.0 Å². The van der Waals surface area contributed by atoms with E-state index in [-0.39, 0.29) is 30.0 Å². The molecule has 0 radical (unpaired) electrons. The Balaban J connectivity index is 1.61. The number of para-hydroxylation sites is 1. The molecular weight excluding hydrogens is 396 g/mol. The van der Waals surface area contributed by atoms with E-state index in [4.69, 9.17) is 9.84 Å². The molecule has 1 aromatic carbocycles. The lowest BCUT2D eigenvalue weighted by atomic mass is 9.92. The summed E-state index contributed by atoms with van der Waals surface area (Å²) in [5.41, 5.74) is 2.22. The number of fused-ring (bicyclic) bond motifs is 1. The number of hydrogen-bond acceptors (Lipinski definition) is 4. The van der Waals surface area contributed by atoms with E-state index >= 15 is 0 Å². The summed E-state index contributed by atoms with van der Waals surface area (Å²) >= 11 is 0. The van der Waals surface area contributed by atoms with Gasteiger partial charge in [0, 0.05) is 56.0 Å². The topological polar surface area (TPSA) is 107 Å². The van der Waals surface area contributed by atoms with Crippen LogP contribution in [-0.2, 0) is 9.53 Å². The fraction of sp³-hybridized carbons (Fsp3) is 0.565. The molecule has 4 rings (SSSR count). The van der Waals surface area contributed by atoms with Crippen molar-refractivity contribution in [1.29, 1.82) is 0 Å². The molecule has 1 aliphatic heterocycles. The van der Waals surface area contributed by atoms with Crippen LogP contribution < -0.4 is 10.6 Å². The van der Waals surface area contributed by atoms with Crippen molar-refractivity contribution in [3.05, 3.63) is 36.0 Å². The van der Waals surface area contributed by atoms with Crippen molar-refractivity contribution >= 4 is 22.9 Å². The predicted molar refractivity (Wildman–Crippen MR) is 118 cm³/mol. The second-order valence-electron chi connectivity index (χ2n) is 8.65. The van der Waals surface area contributed by atoms with Crippen molar-refractivity contribution in [2.75, 3.05) is 26.8 Å². The highest BCUT2D eigenvalue weighted by atomic mass is 16.5. The number of aromatic nitrogens is 1. The molecule has 1 saturated heterocycles. The minimum Gasteiger partial charge on any atom is -0.465 e. The highest BCUT2D eigenvalue weighted by Gasteiger charge is 2.42. The number of carbonyl (C=O) groups excluding carboxylic acids is 1. The number of amides is 2. The second-order valence-corrected chi connectivity index (χ2v) is 8.65. The number of nitrogens with zero attached hydrogens (tertiary/aromatic N) is 1. The molecule has 8 nitrogen and oxygen atoms in total. The quantitative estimate of drug-likeness (QED) is 0.460. The molecule has 8 heteroatoms. The van der Waals surface area contributed by atoms with Gasteiger partial charge < -0.3 is 30.4 Å². The van der Waals surface area contributed by atoms with E-state index in [1.807, 2.05) is 18.3 Å². The third-order valence-corrected chi connectivity index (χ3v) is 6.36. The van der Waals surface area contributed by atoms with Crippen molar-refractivity contribution in [1.82, 2.24) is 20.5 Å².